The van der Waals surface area contributed by atoms with Gasteiger partial charge < -0.3 is 10.0 Å². The molecule has 1 amide bonds. The first-order valence-electron chi connectivity index (χ1n) is 9.86. The summed E-state index contributed by atoms with van der Waals surface area (Å²) < 4.78 is 56.0. The predicted octanol–water partition coefficient (Wildman–Crippen LogP) is 2.27. The van der Waals surface area contributed by atoms with Gasteiger partial charge in [0.05, 0.1) is 24.9 Å². The third kappa shape index (κ3) is 5.28. The van der Waals surface area contributed by atoms with Gasteiger partial charge in [-0.05, 0) is 31.4 Å². The van der Waals surface area contributed by atoms with Crippen LogP contribution in [0.1, 0.15) is 19.4 Å². The van der Waals surface area contributed by atoms with Crippen LogP contribution in [-0.2, 0) is 21.2 Å². The molecular weight excluding hydrogens is 426 g/mol. The zero-order valence-corrected chi connectivity index (χ0v) is 18.4. The maximum Gasteiger partial charge on any atom is 0.254 e. The van der Waals surface area contributed by atoms with E-state index in [0.717, 1.165) is 11.2 Å². The fourth-order valence-electron chi connectivity index (χ4n) is 3.90. The summed E-state index contributed by atoms with van der Waals surface area (Å²) in [4.78, 5) is 13.8. The van der Waals surface area contributed by atoms with Crippen LogP contribution in [0.4, 0.5) is 8.78 Å². The maximum atomic E-state index is 15.4. The Morgan fingerprint density at radius 2 is 1.84 bits per heavy atom. The Hall–Kier alpha value is -2.36. The molecule has 1 aliphatic rings. The van der Waals surface area contributed by atoms with E-state index in [2.05, 4.69) is 4.72 Å². The molecule has 9 heteroatoms. The Morgan fingerprint density at radius 3 is 2.42 bits per heavy atom. The van der Waals surface area contributed by atoms with Gasteiger partial charge in [-0.2, -0.15) is 0 Å². The summed E-state index contributed by atoms with van der Waals surface area (Å²) in [7, 11) is -3.80. The van der Waals surface area contributed by atoms with Gasteiger partial charge in [0, 0.05) is 5.56 Å². The minimum absolute atomic E-state index is 0.123. The molecule has 1 fully saturated rings. The SMILES string of the molecule is CC(C)(O)C(=O)N1C[C@H](F)[C@H](NS(C)(=O)=O)[C@@H]1Cc1cccc(-c2ccccc2)c1F. The fourth-order valence-corrected chi connectivity index (χ4v) is 4.70. The highest BCUT2D eigenvalue weighted by atomic mass is 32.2. The average Bonchev–Trinajstić information content (AvgIpc) is 2.97. The molecule has 2 N–H and O–H groups in total. The largest absolute Gasteiger partial charge is 0.381 e. The molecule has 1 saturated heterocycles. The number of rotatable bonds is 6. The Kier molecular flexibility index (Phi) is 6.50. The number of amides is 1. The molecule has 0 aliphatic carbocycles. The van der Waals surface area contributed by atoms with Crippen molar-refractivity contribution in [2.24, 2.45) is 0 Å². The van der Waals surface area contributed by atoms with Crippen molar-refractivity contribution in [3.8, 4) is 11.1 Å². The molecule has 31 heavy (non-hydrogen) atoms. The molecular formula is C22H26F2N2O4S. The first kappa shape index (κ1) is 23.3. The quantitative estimate of drug-likeness (QED) is 0.704. The van der Waals surface area contributed by atoms with E-state index in [0.29, 0.717) is 11.1 Å². The van der Waals surface area contributed by atoms with E-state index >= 15 is 4.39 Å². The van der Waals surface area contributed by atoms with Gasteiger partial charge in [-0.15, -0.1) is 0 Å². The Balaban J connectivity index is 2.01. The van der Waals surface area contributed by atoms with Crippen molar-refractivity contribution in [1.29, 1.82) is 0 Å². The standard InChI is InChI=1S/C22H26F2N2O4S/c1-22(2,28)21(27)26-13-17(23)20(25-31(3,29)30)18(26)12-15-10-7-11-16(19(15)24)14-8-5-4-6-9-14/h4-11,17-18,20,25,28H,12-13H2,1-3H3/t17-,18-,20-/m0/s1. The lowest BCUT2D eigenvalue weighted by Crippen LogP contribution is -2.53. The average molecular weight is 453 g/mol. The molecule has 1 aliphatic heterocycles. The lowest BCUT2D eigenvalue weighted by Gasteiger charge is -2.32. The zero-order chi connectivity index (χ0) is 23.0. The molecule has 3 atom stereocenters. The number of alkyl halides is 1. The number of benzene rings is 2. The number of sulfonamides is 1. The van der Waals surface area contributed by atoms with E-state index in [1.54, 1.807) is 36.4 Å². The van der Waals surface area contributed by atoms with Gasteiger partial charge >= 0.3 is 0 Å². The van der Waals surface area contributed by atoms with Gasteiger partial charge in [0.1, 0.15) is 17.6 Å². The predicted molar refractivity (Wildman–Crippen MR) is 114 cm³/mol. The number of aliphatic hydroxyl groups is 1. The monoisotopic (exact) mass is 452 g/mol. The van der Waals surface area contributed by atoms with Crippen LogP contribution in [0.5, 0.6) is 0 Å². The number of nitrogens with one attached hydrogen (secondary N) is 1. The van der Waals surface area contributed by atoms with Crippen molar-refractivity contribution in [2.45, 2.75) is 44.1 Å². The van der Waals surface area contributed by atoms with Crippen molar-refractivity contribution in [1.82, 2.24) is 9.62 Å². The number of halogens is 2. The highest BCUT2D eigenvalue weighted by Gasteiger charge is 2.48. The normalized spacial score (nSPS) is 22.0. The van der Waals surface area contributed by atoms with Crippen LogP contribution >= 0.6 is 0 Å². The van der Waals surface area contributed by atoms with Crippen LogP contribution in [0, 0.1) is 5.82 Å². The van der Waals surface area contributed by atoms with E-state index in [4.69, 9.17) is 0 Å². The minimum atomic E-state index is -3.80. The molecule has 0 unspecified atom stereocenters. The highest BCUT2D eigenvalue weighted by Crippen LogP contribution is 2.31. The molecule has 1 heterocycles. The van der Waals surface area contributed by atoms with Crippen molar-refractivity contribution in [3.05, 3.63) is 59.9 Å². The molecule has 0 saturated carbocycles. The Morgan fingerprint density at radius 1 is 1.19 bits per heavy atom. The molecule has 0 aromatic heterocycles. The number of hydrogen-bond acceptors (Lipinski definition) is 4. The second-order valence-electron chi connectivity index (χ2n) is 8.36. The number of likely N-dealkylation sites (tertiary alicyclic amines) is 1. The summed E-state index contributed by atoms with van der Waals surface area (Å²) >= 11 is 0. The van der Waals surface area contributed by atoms with Crippen LogP contribution < -0.4 is 4.72 Å². The molecule has 3 rings (SSSR count). The first-order chi connectivity index (χ1) is 14.4. The smallest absolute Gasteiger partial charge is 0.254 e. The van der Waals surface area contributed by atoms with Crippen LogP contribution in [0.3, 0.4) is 0 Å². The minimum Gasteiger partial charge on any atom is -0.381 e. The van der Waals surface area contributed by atoms with Gasteiger partial charge in [-0.25, -0.2) is 21.9 Å². The van der Waals surface area contributed by atoms with Crippen LogP contribution in [0.25, 0.3) is 11.1 Å². The second kappa shape index (κ2) is 8.64. The van der Waals surface area contributed by atoms with Crippen molar-refractivity contribution >= 4 is 15.9 Å². The molecule has 168 valence electrons. The molecule has 2 aromatic carbocycles. The van der Waals surface area contributed by atoms with Gasteiger partial charge in [-0.3, -0.25) is 4.79 Å². The molecule has 2 aromatic rings. The maximum absolute atomic E-state index is 15.4. The van der Waals surface area contributed by atoms with Crippen molar-refractivity contribution < 1.29 is 27.1 Å². The van der Waals surface area contributed by atoms with Crippen LogP contribution in [-0.4, -0.2) is 61.0 Å². The van der Waals surface area contributed by atoms with Crippen LogP contribution in [0.2, 0.25) is 0 Å². The number of hydrogen-bond donors (Lipinski definition) is 2. The zero-order valence-electron chi connectivity index (χ0n) is 17.5. The summed E-state index contributed by atoms with van der Waals surface area (Å²) in [6.07, 6.45) is -0.929. The number of carbonyl (C=O) groups excluding carboxylic acids is 1. The Bertz CT molecular complexity index is 1050. The number of nitrogens with zero attached hydrogens (tertiary/aromatic N) is 1. The molecule has 0 radical (unpaired) electrons. The van der Waals surface area contributed by atoms with Gasteiger partial charge in [0.15, 0.2) is 0 Å². The van der Waals surface area contributed by atoms with Crippen LogP contribution in [0.15, 0.2) is 48.5 Å². The summed E-state index contributed by atoms with van der Waals surface area (Å²) in [5.41, 5.74) is -0.565. The van der Waals surface area contributed by atoms with Gasteiger partial charge in [-0.1, -0.05) is 48.5 Å². The third-order valence-corrected chi connectivity index (χ3v) is 6.00. The highest BCUT2D eigenvalue weighted by molar-refractivity contribution is 7.88. The molecule has 0 bridgehead atoms. The first-order valence-corrected chi connectivity index (χ1v) is 11.8. The summed E-state index contributed by atoms with van der Waals surface area (Å²) in [6.45, 7) is 2.14. The van der Waals surface area contributed by atoms with Gasteiger partial charge in [0.2, 0.25) is 10.0 Å². The number of carbonyl (C=O) groups is 1. The summed E-state index contributed by atoms with van der Waals surface area (Å²) in [5.74, 6) is -1.28. The Labute approximate surface area is 180 Å². The molecule has 6 nitrogen and oxygen atoms in total. The third-order valence-electron chi connectivity index (χ3n) is 5.30. The summed E-state index contributed by atoms with van der Waals surface area (Å²) in [6, 6.07) is 11.4. The topological polar surface area (TPSA) is 86.7 Å². The van der Waals surface area contributed by atoms with E-state index in [-0.39, 0.29) is 12.0 Å². The van der Waals surface area contributed by atoms with E-state index in [1.807, 2.05) is 6.07 Å². The summed E-state index contributed by atoms with van der Waals surface area (Å²) in [5, 5.41) is 10.2. The van der Waals surface area contributed by atoms with Crippen molar-refractivity contribution in [3.63, 3.8) is 0 Å². The van der Waals surface area contributed by atoms with E-state index in [1.165, 1.54) is 19.9 Å². The van der Waals surface area contributed by atoms with E-state index < -0.39 is 52.1 Å². The lowest BCUT2D eigenvalue weighted by molar-refractivity contribution is -0.149. The van der Waals surface area contributed by atoms with E-state index in [9.17, 15) is 22.7 Å². The van der Waals surface area contributed by atoms with Crippen molar-refractivity contribution in [2.75, 3.05) is 12.8 Å². The van der Waals surface area contributed by atoms with Gasteiger partial charge in [0.25, 0.3) is 5.91 Å². The second-order valence-corrected chi connectivity index (χ2v) is 10.1. The fraction of sp³-hybridized carbons (Fsp3) is 0.409. The molecule has 0 spiro atoms. The lowest BCUT2D eigenvalue weighted by atomic mass is 9.95.